The van der Waals surface area contributed by atoms with Crippen molar-refractivity contribution in [1.29, 1.82) is 5.26 Å². The molecule has 1 aliphatic carbocycles. The molecule has 2 rings (SSSR count). The van der Waals surface area contributed by atoms with Gasteiger partial charge in [0.2, 0.25) is 5.96 Å². The lowest BCUT2D eigenvalue weighted by Gasteiger charge is -2.21. The maximum absolute atomic E-state index is 9.49. The zero-order valence-electron chi connectivity index (χ0n) is 17.6. The molecule has 0 radical (unpaired) electrons. The zero-order chi connectivity index (χ0) is 21.2. The summed E-state index contributed by atoms with van der Waals surface area (Å²) in [5.41, 5.74) is 6.76. The van der Waals surface area contributed by atoms with E-state index in [1.807, 2.05) is 19.1 Å². The fraction of sp³-hybridized carbons (Fsp3) is 0.650. The number of nitriles is 1. The van der Waals surface area contributed by atoms with Gasteiger partial charge in [0, 0.05) is 32.4 Å². The lowest BCUT2D eigenvalue weighted by molar-refractivity contribution is -0.0937. The van der Waals surface area contributed by atoms with Gasteiger partial charge in [0.05, 0.1) is 13.7 Å². The number of guanidine groups is 1. The van der Waals surface area contributed by atoms with Crippen LogP contribution in [0.5, 0.6) is 11.6 Å². The van der Waals surface area contributed by atoms with Crippen molar-refractivity contribution < 1.29 is 18.9 Å². The van der Waals surface area contributed by atoms with Gasteiger partial charge in [-0.1, -0.05) is 6.92 Å². The van der Waals surface area contributed by atoms with Crippen molar-refractivity contribution in [2.24, 2.45) is 10.7 Å². The van der Waals surface area contributed by atoms with Crippen molar-refractivity contribution >= 4 is 5.96 Å². The molecule has 1 aliphatic rings. The van der Waals surface area contributed by atoms with Gasteiger partial charge in [-0.3, -0.25) is 0 Å². The first kappa shape index (κ1) is 22.7. The van der Waals surface area contributed by atoms with Crippen LogP contribution in [0.4, 0.5) is 0 Å². The highest BCUT2D eigenvalue weighted by molar-refractivity contribution is 5.79. The highest BCUT2D eigenvalue weighted by Crippen LogP contribution is 2.31. The minimum atomic E-state index is -0.509. The monoisotopic (exact) mass is 405 g/mol. The van der Waals surface area contributed by atoms with E-state index in [9.17, 15) is 5.26 Å². The Labute approximate surface area is 172 Å². The SMILES string of the molecule is COc1ccc(C(C)CN(C#N)C(N)=NCC(OC)OC)nc1OC1CCCC1. The molecule has 2 N–H and O–H groups in total. The van der Waals surface area contributed by atoms with Crippen molar-refractivity contribution in [3.8, 4) is 17.8 Å². The van der Waals surface area contributed by atoms with Gasteiger partial charge in [-0.15, -0.1) is 0 Å². The Morgan fingerprint density at radius 2 is 2.00 bits per heavy atom. The van der Waals surface area contributed by atoms with E-state index in [0.29, 0.717) is 18.2 Å². The summed E-state index contributed by atoms with van der Waals surface area (Å²) in [7, 11) is 4.64. The number of rotatable bonds is 10. The third-order valence-electron chi connectivity index (χ3n) is 4.93. The molecule has 1 unspecified atom stereocenters. The molecule has 1 aromatic rings. The van der Waals surface area contributed by atoms with E-state index in [0.717, 1.165) is 18.5 Å². The molecule has 0 aliphatic heterocycles. The summed E-state index contributed by atoms with van der Waals surface area (Å²) in [5, 5.41) is 9.49. The molecular formula is C20H31N5O4. The fourth-order valence-corrected chi connectivity index (χ4v) is 3.17. The number of hydrogen-bond donors (Lipinski definition) is 1. The Hall–Kier alpha value is -2.57. The predicted molar refractivity (Wildman–Crippen MR) is 109 cm³/mol. The van der Waals surface area contributed by atoms with Gasteiger partial charge >= 0.3 is 0 Å². The van der Waals surface area contributed by atoms with E-state index in [2.05, 4.69) is 16.2 Å². The average molecular weight is 405 g/mol. The van der Waals surface area contributed by atoms with E-state index in [1.165, 1.54) is 32.0 Å². The van der Waals surface area contributed by atoms with Crippen molar-refractivity contribution in [2.75, 3.05) is 34.4 Å². The minimum Gasteiger partial charge on any atom is -0.491 e. The van der Waals surface area contributed by atoms with Crippen LogP contribution in [0.3, 0.4) is 0 Å². The number of pyridine rings is 1. The smallest absolute Gasteiger partial charge is 0.257 e. The molecule has 0 bridgehead atoms. The normalized spacial score (nSPS) is 15.9. The summed E-state index contributed by atoms with van der Waals surface area (Å²) in [6.45, 7) is 2.50. The largest absolute Gasteiger partial charge is 0.491 e. The van der Waals surface area contributed by atoms with Gasteiger partial charge in [-0.05, 0) is 37.8 Å². The first-order valence-corrected chi connectivity index (χ1v) is 9.76. The van der Waals surface area contributed by atoms with Crippen LogP contribution in [0, 0.1) is 11.5 Å². The Morgan fingerprint density at radius 1 is 1.31 bits per heavy atom. The summed E-state index contributed by atoms with van der Waals surface area (Å²) in [6.07, 6.45) is 6.14. The van der Waals surface area contributed by atoms with Gasteiger partial charge in [-0.25, -0.2) is 14.9 Å². The van der Waals surface area contributed by atoms with E-state index < -0.39 is 6.29 Å². The van der Waals surface area contributed by atoms with Crippen molar-refractivity contribution in [3.05, 3.63) is 17.8 Å². The Kier molecular flexibility index (Phi) is 8.96. The first-order chi connectivity index (χ1) is 14.0. The Bertz CT molecular complexity index is 711. The van der Waals surface area contributed by atoms with E-state index in [1.54, 1.807) is 7.11 Å². The molecule has 0 spiro atoms. The quantitative estimate of drug-likeness (QED) is 0.207. The third kappa shape index (κ3) is 6.48. The molecule has 1 fully saturated rings. The van der Waals surface area contributed by atoms with Crippen LogP contribution in [0.1, 0.15) is 44.2 Å². The molecule has 1 atom stereocenters. The van der Waals surface area contributed by atoms with E-state index in [4.69, 9.17) is 24.7 Å². The van der Waals surface area contributed by atoms with Crippen molar-refractivity contribution in [1.82, 2.24) is 9.88 Å². The standard InChI is InChI=1S/C20H31N5O4/c1-14(12-25(13-21)20(22)23-11-18(27-3)28-4)16-9-10-17(26-2)19(24-16)29-15-7-5-6-8-15/h9-10,14-15,18H,5-8,11-12H2,1-4H3,(H2,22,23). The van der Waals surface area contributed by atoms with Crippen LogP contribution < -0.4 is 15.2 Å². The van der Waals surface area contributed by atoms with Crippen LogP contribution in [0.25, 0.3) is 0 Å². The van der Waals surface area contributed by atoms with Gasteiger partial charge in [0.25, 0.3) is 5.88 Å². The molecule has 0 amide bonds. The highest BCUT2D eigenvalue weighted by atomic mass is 16.7. The lowest BCUT2D eigenvalue weighted by Crippen LogP contribution is -2.37. The summed E-state index contributed by atoms with van der Waals surface area (Å²) < 4.78 is 21.6. The van der Waals surface area contributed by atoms with Crippen molar-refractivity contribution in [3.63, 3.8) is 0 Å². The molecular weight excluding hydrogens is 374 g/mol. The maximum Gasteiger partial charge on any atom is 0.257 e. The van der Waals surface area contributed by atoms with E-state index in [-0.39, 0.29) is 24.5 Å². The number of aliphatic imine (C=N–C) groups is 1. The maximum atomic E-state index is 9.49. The summed E-state index contributed by atoms with van der Waals surface area (Å²) >= 11 is 0. The van der Waals surface area contributed by atoms with Crippen LogP contribution in [-0.4, -0.2) is 62.7 Å². The number of hydrogen-bond acceptors (Lipinski definition) is 7. The van der Waals surface area contributed by atoms with Gasteiger partial charge < -0.3 is 24.7 Å². The van der Waals surface area contributed by atoms with E-state index >= 15 is 0 Å². The first-order valence-electron chi connectivity index (χ1n) is 9.76. The predicted octanol–water partition coefficient (Wildman–Crippen LogP) is 2.23. The second-order valence-electron chi connectivity index (χ2n) is 6.98. The second kappa shape index (κ2) is 11.4. The summed E-state index contributed by atoms with van der Waals surface area (Å²) in [4.78, 5) is 10.2. The van der Waals surface area contributed by atoms with Crippen LogP contribution in [-0.2, 0) is 9.47 Å². The molecule has 9 nitrogen and oxygen atoms in total. The number of methoxy groups -OCH3 is 3. The van der Waals surface area contributed by atoms with Crippen LogP contribution in [0.2, 0.25) is 0 Å². The summed E-state index contributed by atoms with van der Waals surface area (Å²) in [6, 6.07) is 3.72. The van der Waals surface area contributed by atoms with Crippen LogP contribution in [0.15, 0.2) is 17.1 Å². The molecule has 0 saturated heterocycles. The number of ether oxygens (including phenoxy) is 4. The molecule has 1 saturated carbocycles. The molecule has 1 heterocycles. The van der Waals surface area contributed by atoms with Gasteiger partial charge in [-0.2, -0.15) is 5.26 Å². The third-order valence-corrected chi connectivity index (χ3v) is 4.93. The molecule has 0 aromatic carbocycles. The molecule has 1 aromatic heterocycles. The number of aromatic nitrogens is 1. The van der Waals surface area contributed by atoms with Crippen molar-refractivity contribution in [2.45, 2.75) is 50.9 Å². The molecule has 29 heavy (non-hydrogen) atoms. The molecule has 160 valence electrons. The van der Waals surface area contributed by atoms with Crippen LogP contribution >= 0.6 is 0 Å². The Morgan fingerprint density at radius 3 is 2.59 bits per heavy atom. The summed E-state index contributed by atoms with van der Waals surface area (Å²) in [5.74, 6) is 1.13. The average Bonchev–Trinajstić information content (AvgIpc) is 3.25. The zero-order valence-corrected chi connectivity index (χ0v) is 17.6. The number of nitrogens with two attached hydrogens (primary N) is 1. The second-order valence-corrected chi connectivity index (χ2v) is 6.98. The minimum absolute atomic E-state index is 0.0825. The highest BCUT2D eigenvalue weighted by Gasteiger charge is 2.21. The Balaban J connectivity index is 2.08. The molecule has 9 heteroatoms. The fourth-order valence-electron chi connectivity index (χ4n) is 3.17. The topological polar surface area (TPSA) is 115 Å². The number of nitrogens with zero attached hydrogens (tertiary/aromatic N) is 4. The van der Waals surface area contributed by atoms with Gasteiger partial charge in [0.1, 0.15) is 6.10 Å². The van der Waals surface area contributed by atoms with Gasteiger partial charge in [0.15, 0.2) is 18.2 Å². The lowest BCUT2D eigenvalue weighted by atomic mass is 10.1.